The fourth-order valence-electron chi connectivity index (χ4n) is 3.79. The molecule has 1 aliphatic rings. The van der Waals surface area contributed by atoms with Gasteiger partial charge in [0.05, 0.1) is 6.26 Å². The zero-order valence-electron chi connectivity index (χ0n) is 17.6. The molecule has 0 aliphatic carbocycles. The van der Waals surface area contributed by atoms with Crippen molar-refractivity contribution in [2.24, 2.45) is 0 Å². The lowest BCUT2D eigenvalue weighted by Gasteiger charge is -2.43. The topological polar surface area (TPSA) is 91.7 Å². The van der Waals surface area contributed by atoms with Gasteiger partial charge in [0.15, 0.2) is 5.76 Å². The number of hydrogen-bond acceptors (Lipinski definition) is 4. The maximum absolute atomic E-state index is 13.0. The highest BCUT2D eigenvalue weighted by Gasteiger charge is 2.43. The minimum atomic E-state index is -0.875. The second-order valence-corrected chi connectivity index (χ2v) is 7.85. The Bertz CT molecular complexity index is 893. The van der Waals surface area contributed by atoms with Crippen molar-refractivity contribution >= 4 is 17.7 Å². The van der Waals surface area contributed by atoms with Gasteiger partial charge in [-0.1, -0.05) is 18.2 Å². The van der Waals surface area contributed by atoms with Crippen molar-refractivity contribution in [2.45, 2.75) is 45.1 Å². The number of hydrogen-bond donors (Lipinski definition) is 2. The van der Waals surface area contributed by atoms with Gasteiger partial charge in [0, 0.05) is 30.8 Å². The summed E-state index contributed by atoms with van der Waals surface area (Å²) in [6.45, 7) is 5.05. The molecule has 0 radical (unpaired) electrons. The molecule has 2 N–H and O–H groups in total. The Balaban J connectivity index is 1.52. The van der Waals surface area contributed by atoms with Crippen LogP contribution >= 0.6 is 0 Å². The molecule has 1 aromatic carbocycles. The Labute approximate surface area is 176 Å². The molecule has 0 bridgehead atoms. The molecule has 7 heteroatoms. The summed E-state index contributed by atoms with van der Waals surface area (Å²) in [5.74, 6) is -0.222. The zero-order valence-corrected chi connectivity index (χ0v) is 17.6. The van der Waals surface area contributed by atoms with E-state index in [4.69, 9.17) is 4.42 Å². The van der Waals surface area contributed by atoms with Gasteiger partial charge in [-0.25, -0.2) is 0 Å². The highest BCUT2D eigenvalue weighted by Crippen LogP contribution is 2.29. The van der Waals surface area contributed by atoms with E-state index in [0.29, 0.717) is 43.8 Å². The van der Waals surface area contributed by atoms with E-state index >= 15 is 0 Å². The molecular formula is C23H29N3O4. The van der Waals surface area contributed by atoms with Crippen molar-refractivity contribution in [3.05, 3.63) is 59.5 Å². The Hall–Kier alpha value is -3.09. The molecule has 0 saturated carbocycles. The molecule has 160 valence electrons. The lowest BCUT2D eigenvalue weighted by Crippen LogP contribution is -2.61. The molecule has 2 aromatic rings. The predicted octanol–water partition coefficient (Wildman–Crippen LogP) is 2.91. The molecule has 1 saturated heterocycles. The van der Waals surface area contributed by atoms with E-state index in [0.717, 1.165) is 18.4 Å². The standard InChI is InChI=1S/C23H29N3O4/c1-17-11-16-30-19(17)20(27)24-13-8-14-25-22(29)23(2)12-6-7-15-26(23)21(28)18-9-4-3-5-10-18/h3-5,9-11,16H,6-8,12-15H2,1-2H3,(H,24,27)(H,25,29)/t23-/m1/s1. The summed E-state index contributed by atoms with van der Waals surface area (Å²) >= 11 is 0. The molecule has 1 fully saturated rings. The third kappa shape index (κ3) is 4.72. The average Bonchev–Trinajstić information content (AvgIpc) is 3.19. The Morgan fingerprint density at radius 1 is 1.07 bits per heavy atom. The summed E-state index contributed by atoms with van der Waals surface area (Å²) in [6.07, 6.45) is 4.49. The van der Waals surface area contributed by atoms with Gasteiger partial charge >= 0.3 is 0 Å². The fourth-order valence-corrected chi connectivity index (χ4v) is 3.79. The first kappa shape index (κ1) is 21.6. The highest BCUT2D eigenvalue weighted by molar-refractivity contribution is 5.99. The number of benzene rings is 1. The Morgan fingerprint density at radius 3 is 2.50 bits per heavy atom. The van der Waals surface area contributed by atoms with E-state index in [2.05, 4.69) is 10.6 Å². The lowest BCUT2D eigenvalue weighted by molar-refractivity contribution is -0.133. The largest absolute Gasteiger partial charge is 0.459 e. The van der Waals surface area contributed by atoms with E-state index in [-0.39, 0.29) is 17.7 Å². The number of carbonyl (C=O) groups excluding carboxylic acids is 3. The maximum Gasteiger partial charge on any atom is 0.287 e. The molecule has 3 rings (SSSR count). The summed E-state index contributed by atoms with van der Waals surface area (Å²) in [5, 5.41) is 5.73. The first-order valence-corrected chi connectivity index (χ1v) is 10.4. The minimum absolute atomic E-state index is 0.117. The van der Waals surface area contributed by atoms with Crippen LogP contribution < -0.4 is 10.6 Å². The molecule has 1 atom stereocenters. The first-order valence-electron chi connectivity index (χ1n) is 10.4. The molecule has 7 nitrogen and oxygen atoms in total. The molecule has 0 spiro atoms. The number of carbonyl (C=O) groups is 3. The quantitative estimate of drug-likeness (QED) is 0.686. The van der Waals surface area contributed by atoms with Crippen LogP contribution in [0.1, 0.15) is 59.1 Å². The molecule has 1 aromatic heterocycles. The van der Waals surface area contributed by atoms with Crippen molar-refractivity contribution in [3.63, 3.8) is 0 Å². The van der Waals surface area contributed by atoms with E-state index in [1.54, 1.807) is 23.1 Å². The van der Waals surface area contributed by atoms with Crippen LogP contribution in [0.4, 0.5) is 0 Å². The van der Waals surface area contributed by atoms with Crippen molar-refractivity contribution in [1.29, 1.82) is 0 Å². The molecule has 0 unspecified atom stereocenters. The third-order valence-corrected chi connectivity index (χ3v) is 5.64. The predicted molar refractivity (Wildman–Crippen MR) is 113 cm³/mol. The Morgan fingerprint density at radius 2 is 1.80 bits per heavy atom. The summed E-state index contributed by atoms with van der Waals surface area (Å²) in [4.78, 5) is 39.7. The molecule has 1 aliphatic heterocycles. The molecule has 3 amide bonds. The number of aryl methyl sites for hydroxylation is 1. The maximum atomic E-state index is 13.0. The number of furan rings is 1. The van der Waals surface area contributed by atoms with Crippen LogP contribution in [0.2, 0.25) is 0 Å². The van der Waals surface area contributed by atoms with Crippen molar-refractivity contribution in [1.82, 2.24) is 15.5 Å². The van der Waals surface area contributed by atoms with Gasteiger partial charge in [-0.2, -0.15) is 0 Å². The SMILES string of the molecule is Cc1ccoc1C(=O)NCCCNC(=O)[C@@]1(C)CCCCN1C(=O)c1ccccc1. The van der Waals surface area contributed by atoms with E-state index in [1.165, 1.54) is 6.26 Å². The minimum Gasteiger partial charge on any atom is -0.459 e. The van der Waals surface area contributed by atoms with Crippen LogP contribution in [0.15, 0.2) is 47.1 Å². The van der Waals surface area contributed by atoms with Crippen LogP contribution in [0.25, 0.3) is 0 Å². The van der Waals surface area contributed by atoms with Crippen molar-refractivity contribution in [2.75, 3.05) is 19.6 Å². The summed E-state index contributed by atoms with van der Waals surface area (Å²) in [7, 11) is 0. The van der Waals surface area contributed by atoms with Crippen LogP contribution in [-0.4, -0.2) is 47.8 Å². The van der Waals surface area contributed by atoms with Crippen LogP contribution in [0.3, 0.4) is 0 Å². The fraction of sp³-hybridized carbons (Fsp3) is 0.435. The summed E-state index contributed by atoms with van der Waals surface area (Å²) < 4.78 is 5.17. The van der Waals surface area contributed by atoms with Gasteiger partial charge in [0.1, 0.15) is 5.54 Å². The second kappa shape index (κ2) is 9.61. The van der Waals surface area contributed by atoms with Gasteiger partial charge in [0.2, 0.25) is 5.91 Å². The van der Waals surface area contributed by atoms with Gasteiger partial charge in [-0.3, -0.25) is 14.4 Å². The van der Waals surface area contributed by atoms with Gasteiger partial charge in [-0.15, -0.1) is 0 Å². The van der Waals surface area contributed by atoms with Crippen LogP contribution in [0, 0.1) is 6.92 Å². The summed E-state index contributed by atoms with van der Waals surface area (Å²) in [6, 6.07) is 10.8. The number of nitrogens with one attached hydrogen (secondary N) is 2. The Kier molecular flexibility index (Phi) is 6.92. The number of piperidine rings is 1. The molecule has 30 heavy (non-hydrogen) atoms. The van der Waals surface area contributed by atoms with Crippen LogP contribution in [-0.2, 0) is 4.79 Å². The second-order valence-electron chi connectivity index (χ2n) is 7.85. The van der Waals surface area contributed by atoms with E-state index in [1.807, 2.05) is 32.0 Å². The van der Waals surface area contributed by atoms with Crippen molar-refractivity contribution < 1.29 is 18.8 Å². The van der Waals surface area contributed by atoms with E-state index in [9.17, 15) is 14.4 Å². The van der Waals surface area contributed by atoms with Gasteiger partial charge in [0.25, 0.3) is 11.8 Å². The summed E-state index contributed by atoms with van der Waals surface area (Å²) in [5.41, 5.74) is 0.503. The van der Waals surface area contributed by atoms with Crippen LogP contribution in [0.5, 0.6) is 0 Å². The van der Waals surface area contributed by atoms with Gasteiger partial charge in [-0.05, 0) is 57.7 Å². The molecular weight excluding hydrogens is 382 g/mol. The number of likely N-dealkylation sites (tertiary alicyclic amines) is 1. The smallest absolute Gasteiger partial charge is 0.287 e. The van der Waals surface area contributed by atoms with Gasteiger partial charge < -0.3 is 20.0 Å². The number of nitrogens with zero attached hydrogens (tertiary/aromatic N) is 1. The van der Waals surface area contributed by atoms with Crippen molar-refractivity contribution in [3.8, 4) is 0 Å². The number of amides is 3. The monoisotopic (exact) mass is 411 g/mol. The average molecular weight is 412 g/mol. The third-order valence-electron chi connectivity index (χ3n) is 5.64. The number of rotatable bonds is 7. The zero-order chi connectivity index (χ0) is 21.6. The lowest BCUT2D eigenvalue weighted by atomic mass is 9.86. The van der Waals surface area contributed by atoms with E-state index < -0.39 is 5.54 Å². The molecule has 2 heterocycles. The highest BCUT2D eigenvalue weighted by atomic mass is 16.3. The first-order chi connectivity index (χ1) is 14.4. The normalized spacial score (nSPS) is 18.7.